The van der Waals surface area contributed by atoms with Crippen LogP contribution in [0.25, 0.3) is 6.08 Å². The van der Waals surface area contributed by atoms with Gasteiger partial charge in [-0.3, -0.25) is 4.79 Å². The van der Waals surface area contributed by atoms with Gasteiger partial charge in [-0.25, -0.2) is 17.6 Å². The molecule has 0 N–H and O–H groups in total. The smallest absolute Gasteiger partial charge is 0.331 e. The summed E-state index contributed by atoms with van der Waals surface area (Å²) in [6.45, 7) is 1.53. The largest absolute Gasteiger partial charge is 0.452 e. The topological polar surface area (TPSA) is 80.8 Å². The van der Waals surface area contributed by atoms with Crippen molar-refractivity contribution in [1.82, 2.24) is 4.90 Å². The second kappa shape index (κ2) is 8.64. The molecular formula is C17H19ClFNO5S. The molecule has 0 bridgehead atoms. The zero-order valence-electron chi connectivity index (χ0n) is 14.2. The Hall–Kier alpha value is -1.93. The summed E-state index contributed by atoms with van der Waals surface area (Å²) in [7, 11) is -3.12. The van der Waals surface area contributed by atoms with Crippen molar-refractivity contribution in [3.8, 4) is 0 Å². The van der Waals surface area contributed by atoms with Crippen molar-refractivity contribution in [3.05, 3.63) is 40.7 Å². The van der Waals surface area contributed by atoms with Crippen LogP contribution in [-0.2, 0) is 24.2 Å². The lowest BCUT2D eigenvalue weighted by Crippen LogP contribution is -2.43. The molecule has 1 aromatic rings. The summed E-state index contributed by atoms with van der Waals surface area (Å²) < 4.78 is 41.6. The molecule has 1 aromatic carbocycles. The van der Waals surface area contributed by atoms with Crippen molar-refractivity contribution >= 4 is 39.4 Å². The Morgan fingerprint density at radius 1 is 1.42 bits per heavy atom. The minimum Gasteiger partial charge on any atom is -0.452 e. The Labute approximate surface area is 156 Å². The third-order valence-corrected chi connectivity index (χ3v) is 6.11. The number of benzene rings is 1. The van der Waals surface area contributed by atoms with Crippen LogP contribution in [0.5, 0.6) is 0 Å². The van der Waals surface area contributed by atoms with Crippen LogP contribution in [0.15, 0.2) is 24.3 Å². The van der Waals surface area contributed by atoms with Crippen molar-refractivity contribution in [2.24, 2.45) is 0 Å². The van der Waals surface area contributed by atoms with E-state index < -0.39 is 40.2 Å². The molecule has 1 saturated heterocycles. The number of esters is 1. The molecule has 0 spiro atoms. The second-order valence-electron chi connectivity index (χ2n) is 5.81. The fourth-order valence-electron chi connectivity index (χ4n) is 2.74. The minimum atomic E-state index is -3.12. The van der Waals surface area contributed by atoms with Crippen molar-refractivity contribution < 1.29 is 27.1 Å². The summed E-state index contributed by atoms with van der Waals surface area (Å²) in [5, 5.41) is 0.143. The van der Waals surface area contributed by atoms with Gasteiger partial charge in [0, 0.05) is 24.2 Å². The minimum absolute atomic E-state index is 0.0452. The van der Waals surface area contributed by atoms with E-state index in [2.05, 4.69) is 0 Å². The van der Waals surface area contributed by atoms with Gasteiger partial charge in [-0.15, -0.1) is 0 Å². The van der Waals surface area contributed by atoms with Gasteiger partial charge in [0.1, 0.15) is 5.82 Å². The van der Waals surface area contributed by atoms with Crippen molar-refractivity contribution in [1.29, 1.82) is 0 Å². The molecule has 0 unspecified atom stereocenters. The van der Waals surface area contributed by atoms with Crippen molar-refractivity contribution in [2.45, 2.75) is 19.4 Å². The number of amides is 1. The van der Waals surface area contributed by atoms with Gasteiger partial charge >= 0.3 is 5.97 Å². The Kier molecular flexibility index (Phi) is 6.77. The number of halogens is 2. The van der Waals surface area contributed by atoms with Crippen molar-refractivity contribution in [3.63, 3.8) is 0 Å². The lowest BCUT2D eigenvalue weighted by molar-refractivity contribution is -0.149. The van der Waals surface area contributed by atoms with Crippen LogP contribution in [0.3, 0.4) is 0 Å². The van der Waals surface area contributed by atoms with Gasteiger partial charge in [-0.05, 0) is 31.6 Å². The zero-order chi connectivity index (χ0) is 19.3. The maximum absolute atomic E-state index is 13.6. The van der Waals surface area contributed by atoms with E-state index in [1.165, 1.54) is 29.2 Å². The monoisotopic (exact) mass is 403 g/mol. The molecule has 1 heterocycles. The fraction of sp³-hybridized carbons (Fsp3) is 0.412. The molecule has 26 heavy (non-hydrogen) atoms. The number of rotatable bonds is 6. The van der Waals surface area contributed by atoms with Gasteiger partial charge in [0.25, 0.3) is 5.91 Å². The lowest BCUT2D eigenvalue weighted by Gasteiger charge is -2.26. The van der Waals surface area contributed by atoms with E-state index in [0.29, 0.717) is 13.0 Å². The van der Waals surface area contributed by atoms with Crippen molar-refractivity contribution in [2.75, 3.05) is 24.7 Å². The quantitative estimate of drug-likeness (QED) is 0.536. The Bertz CT molecular complexity index is 804. The number of likely N-dealkylation sites (N-methyl/N-ethyl adjacent to an activating group) is 1. The van der Waals surface area contributed by atoms with E-state index in [9.17, 15) is 22.4 Å². The van der Waals surface area contributed by atoms with E-state index in [-0.39, 0.29) is 22.1 Å². The molecule has 6 nitrogen and oxygen atoms in total. The molecule has 9 heteroatoms. The molecule has 0 radical (unpaired) electrons. The zero-order valence-corrected chi connectivity index (χ0v) is 15.7. The predicted octanol–water partition coefficient (Wildman–Crippen LogP) is 2.07. The molecule has 0 saturated carbocycles. The van der Waals surface area contributed by atoms with Crippen LogP contribution >= 0.6 is 11.6 Å². The molecule has 1 aliphatic heterocycles. The Balaban J connectivity index is 1.91. The SMILES string of the molecule is CCN(C(=O)COC(=O)/C=C/c1c(F)cccc1Cl)[C@H]1CCS(=O)(=O)C1. The van der Waals surface area contributed by atoms with Crippen LogP contribution in [-0.4, -0.2) is 55.9 Å². The maximum Gasteiger partial charge on any atom is 0.331 e. The number of carbonyl (C=O) groups is 2. The van der Waals surface area contributed by atoms with Gasteiger partial charge in [0.15, 0.2) is 16.4 Å². The first-order valence-electron chi connectivity index (χ1n) is 8.02. The van der Waals surface area contributed by atoms with Gasteiger partial charge < -0.3 is 9.64 Å². The third kappa shape index (κ3) is 5.28. The average Bonchev–Trinajstić information content (AvgIpc) is 2.93. The summed E-state index contributed by atoms with van der Waals surface area (Å²) in [5.74, 6) is -1.91. The Morgan fingerprint density at radius 3 is 2.73 bits per heavy atom. The second-order valence-corrected chi connectivity index (χ2v) is 8.45. The highest BCUT2D eigenvalue weighted by molar-refractivity contribution is 7.91. The summed E-state index contributed by atoms with van der Waals surface area (Å²) in [5.41, 5.74) is 0.0452. The van der Waals surface area contributed by atoms with Crippen LogP contribution in [0.1, 0.15) is 18.9 Å². The first-order valence-corrected chi connectivity index (χ1v) is 10.2. The van der Waals surface area contributed by atoms with Crippen LogP contribution in [0, 0.1) is 5.82 Å². The van der Waals surface area contributed by atoms with Gasteiger partial charge in [-0.2, -0.15) is 0 Å². The van der Waals surface area contributed by atoms with E-state index in [0.717, 1.165) is 6.08 Å². The molecule has 1 atom stereocenters. The van der Waals surface area contributed by atoms with Crippen LogP contribution in [0.2, 0.25) is 5.02 Å². The number of nitrogens with zero attached hydrogens (tertiary/aromatic N) is 1. The molecule has 142 valence electrons. The Morgan fingerprint density at radius 2 is 2.15 bits per heavy atom. The lowest BCUT2D eigenvalue weighted by atomic mass is 10.2. The van der Waals surface area contributed by atoms with E-state index in [4.69, 9.17) is 16.3 Å². The first-order chi connectivity index (χ1) is 12.2. The molecule has 0 aromatic heterocycles. The average molecular weight is 404 g/mol. The van der Waals surface area contributed by atoms with Crippen LogP contribution in [0.4, 0.5) is 4.39 Å². The molecule has 1 fully saturated rings. The molecule has 2 rings (SSSR count). The number of ether oxygens (including phenoxy) is 1. The summed E-state index contributed by atoms with van der Waals surface area (Å²) in [4.78, 5) is 25.3. The molecular weight excluding hydrogens is 385 g/mol. The highest BCUT2D eigenvalue weighted by atomic mass is 35.5. The normalized spacial score (nSPS) is 18.8. The number of sulfone groups is 1. The standard InChI is InChI=1S/C17H19ClFNO5S/c1-2-20(12-8-9-26(23,24)11-12)16(21)10-25-17(22)7-6-13-14(18)4-3-5-15(13)19/h3-7,12H,2,8-11H2,1H3/b7-6+/t12-/m0/s1. The molecule has 1 aliphatic rings. The molecule has 0 aliphatic carbocycles. The fourth-order valence-corrected chi connectivity index (χ4v) is 4.70. The number of hydrogen-bond donors (Lipinski definition) is 0. The third-order valence-electron chi connectivity index (χ3n) is 4.03. The molecule has 1 amide bonds. The number of hydrogen-bond acceptors (Lipinski definition) is 5. The summed E-state index contributed by atoms with van der Waals surface area (Å²) >= 11 is 5.84. The highest BCUT2D eigenvalue weighted by Gasteiger charge is 2.34. The van der Waals surface area contributed by atoms with E-state index in [1.807, 2.05) is 0 Å². The number of carbonyl (C=O) groups excluding carboxylic acids is 2. The van der Waals surface area contributed by atoms with Crippen LogP contribution < -0.4 is 0 Å². The van der Waals surface area contributed by atoms with Gasteiger partial charge in [0.05, 0.1) is 16.5 Å². The highest BCUT2D eigenvalue weighted by Crippen LogP contribution is 2.20. The van der Waals surface area contributed by atoms with Gasteiger partial charge in [0.2, 0.25) is 0 Å². The maximum atomic E-state index is 13.6. The van der Waals surface area contributed by atoms with Gasteiger partial charge in [-0.1, -0.05) is 17.7 Å². The summed E-state index contributed by atoms with van der Waals surface area (Å²) in [6, 6.07) is 3.72. The first kappa shape index (κ1) is 20.4. The van der Waals surface area contributed by atoms with E-state index in [1.54, 1.807) is 6.92 Å². The van der Waals surface area contributed by atoms with E-state index >= 15 is 0 Å². The summed E-state index contributed by atoms with van der Waals surface area (Å²) in [6.07, 6.45) is 2.53. The predicted molar refractivity (Wildman–Crippen MR) is 95.8 cm³/mol.